The first kappa shape index (κ1) is 17.7. The molecule has 5 nitrogen and oxygen atoms in total. The fraction of sp³-hybridized carbons (Fsp3) is 0.474. The predicted octanol–water partition coefficient (Wildman–Crippen LogP) is 2.62. The van der Waals surface area contributed by atoms with Gasteiger partial charge in [0.25, 0.3) is 5.91 Å². The first-order chi connectivity index (χ1) is 12.0. The molecule has 1 aliphatic heterocycles. The summed E-state index contributed by atoms with van der Waals surface area (Å²) in [7, 11) is 1.98. The molecule has 3 heterocycles. The second-order valence-electron chi connectivity index (χ2n) is 6.63. The molecule has 6 heteroatoms. The molecule has 0 spiro atoms. The highest BCUT2D eigenvalue weighted by Gasteiger charge is 2.25. The minimum absolute atomic E-state index is 0.0776. The number of carbonyl (C=O) groups is 2. The van der Waals surface area contributed by atoms with E-state index < -0.39 is 0 Å². The molecule has 2 amide bonds. The maximum atomic E-state index is 12.9. The zero-order chi connectivity index (χ0) is 18.0. The lowest BCUT2D eigenvalue weighted by Gasteiger charge is -2.22. The summed E-state index contributed by atoms with van der Waals surface area (Å²) in [5, 5.41) is 2.00. The van der Waals surface area contributed by atoms with Crippen LogP contribution in [0.3, 0.4) is 0 Å². The van der Waals surface area contributed by atoms with Crippen LogP contribution in [0.4, 0.5) is 0 Å². The van der Waals surface area contributed by atoms with Crippen LogP contribution in [-0.2, 0) is 18.3 Å². The van der Waals surface area contributed by atoms with E-state index in [0.717, 1.165) is 34.8 Å². The molecule has 25 heavy (non-hydrogen) atoms. The first-order valence-corrected chi connectivity index (χ1v) is 9.57. The van der Waals surface area contributed by atoms with Crippen LogP contribution in [0.1, 0.15) is 33.0 Å². The molecule has 0 aromatic carbocycles. The van der Waals surface area contributed by atoms with Gasteiger partial charge in [-0.15, -0.1) is 11.3 Å². The summed E-state index contributed by atoms with van der Waals surface area (Å²) in [4.78, 5) is 30.3. The Labute approximate surface area is 152 Å². The molecule has 1 fully saturated rings. The molecule has 1 saturated heterocycles. The minimum Gasteiger partial charge on any atom is -0.351 e. The highest BCUT2D eigenvalue weighted by Crippen LogP contribution is 2.17. The normalized spacial score (nSPS) is 15.3. The molecule has 2 aromatic heterocycles. The number of amides is 2. The van der Waals surface area contributed by atoms with Crippen molar-refractivity contribution in [2.24, 2.45) is 7.05 Å². The number of nitrogens with zero attached hydrogens (tertiary/aromatic N) is 3. The molecule has 1 aliphatic rings. The van der Waals surface area contributed by atoms with Gasteiger partial charge in [-0.2, -0.15) is 0 Å². The Bertz CT molecular complexity index is 764. The van der Waals surface area contributed by atoms with Gasteiger partial charge in [0.15, 0.2) is 0 Å². The monoisotopic (exact) mass is 359 g/mol. The number of hydrogen-bond acceptors (Lipinski definition) is 3. The van der Waals surface area contributed by atoms with Gasteiger partial charge < -0.3 is 14.4 Å². The third kappa shape index (κ3) is 3.79. The number of hydrogen-bond donors (Lipinski definition) is 0. The van der Waals surface area contributed by atoms with Crippen LogP contribution < -0.4 is 0 Å². The lowest BCUT2D eigenvalue weighted by molar-refractivity contribution is -0.130. The second-order valence-corrected chi connectivity index (χ2v) is 7.66. The largest absolute Gasteiger partial charge is 0.351 e. The number of thiophene rings is 1. The summed E-state index contributed by atoms with van der Waals surface area (Å²) in [5.74, 6) is 0.234. The second kappa shape index (κ2) is 7.44. The van der Waals surface area contributed by atoms with Gasteiger partial charge in [0.1, 0.15) is 0 Å². The van der Waals surface area contributed by atoms with Crippen LogP contribution in [0.25, 0.3) is 0 Å². The van der Waals surface area contributed by atoms with Gasteiger partial charge in [-0.3, -0.25) is 9.59 Å². The topological polar surface area (TPSA) is 45.6 Å². The van der Waals surface area contributed by atoms with Crippen LogP contribution in [0, 0.1) is 13.8 Å². The molecule has 0 N–H and O–H groups in total. The molecular weight excluding hydrogens is 334 g/mol. The molecule has 2 aromatic rings. The Morgan fingerprint density at radius 1 is 1.12 bits per heavy atom. The summed E-state index contributed by atoms with van der Waals surface area (Å²) >= 11 is 1.61. The van der Waals surface area contributed by atoms with E-state index in [0.29, 0.717) is 26.1 Å². The smallest absolute Gasteiger partial charge is 0.255 e. The molecule has 0 aliphatic carbocycles. The van der Waals surface area contributed by atoms with Crippen molar-refractivity contribution in [1.29, 1.82) is 0 Å². The first-order valence-electron chi connectivity index (χ1n) is 8.69. The van der Waals surface area contributed by atoms with Crippen molar-refractivity contribution in [2.75, 3.05) is 26.2 Å². The number of aryl methyl sites for hydroxylation is 1. The van der Waals surface area contributed by atoms with Gasteiger partial charge in [0.05, 0.1) is 12.0 Å². The van der Waals surface area contributed by atoms with Crippen molar-refractivity contribution in [2.45, 2.75) is 26.7 Å². The Morgan fingerprint density at radius 3 is 2.48 bits per heavy atom. The van der Waals surface area contributed by atoms with E-state index >= 15 is 0 Å². The summed E-state index contributed by atoms with van der Waals surface area (Å²) in [6.07, 6.45) is 1.29. The molecule has 0 radical (unpaired) electrons. The molecule has 3 rings (SSSR count). The summed E-state index contributed by atoms with van der Waals surface area (Å²) in [6.45, 7) is 6.63. The van der Waals surface area contributed by atoms with E-state index in [4.69, 9.17) is 0 Å². The van der Waals surface area contributed by atoms with Crippen LogP contribution >= 0.6 is 11.3 Å². The number of rotatable bonds is 3. The lowest BCUT2D eigenvalue weighted by Crippen LogP contribution is -2.38. The molecule has 134 valence electrons. The highest BCUT2D eigenvalue weighted by molar-refractivity contribution is 7.10. The average molecular weight is 359 g/mol. The maximum Gasteiger partial charge on any atom is 0.255 e. The Kier molecular flexibility index (Phi) is 5.27. The maximum absolute atomic E-state index is 12.9. The standard InChI is InChI=1S/C19H25N3O2S/c1-14-12-17(15(2)20(14)3)19(24)22-8-5-7-21(9-10-22)18(23)13-16-6-4-11-25-16/h4,6,11-12H,5,7-10,13H2,1-3H3. The van der Waals surface area contributed by atoms with Gasteiger partial charge in [0.2, 0.25) is 5.91 Å². The summed E-state index contributed by atoms with van der Waals surface area (Å²) in [6, 6.07) is 5.93. The van der Waals surface area contributed by atoms with E-state index in [2.05, 4.69) is 0 Å². The summed E-state index contributed by atoms with van der Waals surface area (Å²) < 4.78 is 2.04. The molecule has 0 unspecified atom stereocenters. The van der Waals surface area contributed by atoms with E-state index in [1.54, 1.807) is 11.3 Å². The summed E-state index contributed by atoms with van der Waals surface area (Å²) in [5.41, 5.74) is 2.86. The van der Waals surface area contributed by atoms with Gasteiger partial charge in [-0.25, -0.2) is 0 Å². The number of aromatic nitrogens is 1. The van der Waals surface area contributed by atoms with Gasteiger partial charge in [-0.1, -0.05) is 6.07 Å². The fourth-order valence-electron chi connectivity index (χ4n) is 3.29. The lowest BCUT2D eigenvalue weighted by atomic mass is 10.2. The van der Waals surface area contributed by atoms with Crippen molar-refractivity contribution in [3.8, 4) is 0 Å². The highest BCUT2D eigenvalue weighted by atomic mass is 32.1. The fourth-order valence-corrected chi connectivity index (χ4v) is 3.98. The molecular formula is C19H25N3O2S. The minimum atomic E-state index is 0.0776. The molecule has 0 atom stereocenters. The molecule has 0 saturated carbocycles. The van der Waals surface area contributed by atoms with E-state index in [-0.39, 0.29) is 11.8 Å². The Hall–Kier alpha value is -2.08. The van der Waals surface area contributed by atoms with Crippen molar-refractivity contribution in [1.82, 2.24) is 14.4 Å². The van der Waals surface area contributed by atoms with Gasteiger partial charge in [0, 0.05) is 49.5 Å². The van der Waals surface area contributed by atoms with Gasteiger partial charge >= 0.3 is 0 Å². The van der Waals surface area contributed by atoms with E-state index in [1.807, 2.05) is 58.8 Å². The van der Waals surface area contributed by atoms with Crippen LogP contribution in [0.5, 0.6) is 0 Å². The van der Waals surface area contributed by atoms with Crippen LogP contribution in [0.15, 0.2) is 23.6 Å². The van der Waals surface area contributed by atoms with Crippen molar-refractivity contribution < 1.29 is 9.59 Å². The SMILES string of the molecule is Cc1cc(C(=O)N2CCCN(C(=O)Cc3cccs3)CC2)c(C)n1C. The quantitative estimate of drug-likeness (QED) is 0.846. The zero-order valence-electron chi connectivity index (χ0n) is 15.1. The third-order valence-corrected chi connectivity index (χ3v) is 5.92. The third-order valence-electron chi connectivity index (χ3n) is 5.05. The van der Waals surface area contributed by atoms with E-state index in [9.17, 15) is 9.59 Å². The van der Waals surface area contributed by atoms with Crippen LogP contribution in [-0.4, -0.2) is 52.4 Å². The Balaban J connectivity index is 1.64. The molecule has 0 bridgehead atoms. The van der Waals surface area contributed by atoms with Crippen molar-refractivity contribution in [3.05, 3.63) is 45.4 Å². The van der Waals surface area contributed by atoms with Crippen molar-refractivity contribution in [3.63, 3.8) is 0 Å². The van der Waals surface area contributed by atoms with Crippen LogP contribution in [0.2, 0.25) is 0 Å². The van der Waals surface area contributed by atoms with Gasteiger partial charge in [-0.05, 0) is 37.8 Å². The Morgan fingerprint density at radius 2 is 1.84 bits per heavy atom. The predicted molar refractivity (Wildman–Crippen MR) is 100 cm³/mol. The zero-order valence-corrected chi connectivity index (χ0v) is 15.9. The average Bonchev–Trinajstić information content (AvgIpc) is 3.09. The number of carbonyl (C=O) groups excluding carboxylic acids is 2. The van der Waals surface area contributed by atoms with Crippen molar-refractivity contribution >= 4 is 23.2 Å². The van der Waals surface area contributed by atoms with E-state index in [1.165, 1.54) is 0 Å².